The second kappa shape index (κ2) is 11.1. The first-order valence-corrected chi connectivity index (χ1v) is 13.6. The van der Waals surface area contributed by atoms with Crippen molar-refractivity contribution < 1.29 is 22.8 Å². The van der Waals surface area contributed by atoms with Crippen molar-refractivity contribution in [1.82, 2.24) is 4.72 Å². The van der Waals surface area contributed by atoms with E-state index in [1.54, 1.807) is 48.2 Å². The smallest absolute Gasteiger partial charge is 0.242 e. The van der Waals surface area contributed by atoms with Gasteiger partial charge in [0.2, 0.25) is 21.8 Å². The van der Waals surface area contributed by atoms with Gasteiger partial charge in [0, 0.05) is 29.9 Å². The number of amides is 2. The fourth-order valence-corrected chi connectivity index (χ4v) is 5.58. The highest BCUT2D eigenvalue weighted by atomic mass is 32.2. The summed E-state index contributed by atoms with van der Waals surface area (Å²) in [6.07, 6.45) is 1.06. The first-order valence-electron chi connectivity index (χ1n) is 12.1. The molecule has 2 amide bonds. The number of fused-ring (bicyclic) bond motifs is 1. The van der Waals surface area contributed by atoms with Crippen molar-refractivity contribution in [3.8, 4) is 0 Å². The van der Waals surface area contributed by atoms with E-state index in [0.29, 0.717) is 30.6 Å². The van der Waals surface area contributed by atoms with Crippen LogP contribution >= 0.6 is 0 Å². The van der Waals surface area contributed by atoms with E-state index in [9.17, 15) is 22.8 Å². The van der Waals surface area contributed by atoms with Crippen LogP contribution in [-0.2, 0) is 32.5 Å². The Balaban J connectivity index is 1.59. The van der Waals surface area contributed by atoms with E-state index < -0.39 is 22.0 Å². The van der Waals surface area contributed by atoms with Gasteiger partial charge in [0.25, 0.3) is 0 Å². The van der Waals surface area contributed by atoms with Crippen molar-refractivity contribution in [3.05, 3.63) is 89.5 Å². The van der Waals surface area contributed by atoms with Crippen molar-refractivity contribution in [2.24, 2.45) is 0 Å². The van der Waals surface area contributed by atoms with Crippen LogP contribution in [0.3, 0.4) is 0 Å². The first-order chi connectivity index (χ1) is 17.7. The second-order valence-corrected chi connectivity index (χ2v) is 10.6. The molecule has 8 nitrogen and oxygen atoms in total. The monoisotopic (exact) mass is 519 g/mol. The van der Waals surface area contributed by atoms with E-state index in [1.807, 2.05) is 30.3 Å². The number of carbonyl (C=O) groups is 3. The molecule has 1 heterocycles. The lowest BCUT2D eigenvalue weighted by Gasteiger charge is -2.20. The van der Waals surface area contributed by atoms with E-state index in [0.717, 1.165) is 16.8 Å². The number of sulfonamides is 1. The Hall–Kier alpha value is -3.82. The number of hydrogen-bond acceptors (Lipinski definition) is 5. The molecule has 3 aromatic rings. The van der Waals surface area contributed by atoms with Gasteiger partial charge in [-0.1, -0.05) is 49.4 Å². The van der Waals surface area contributed by atoms with Crippen molar-refractivity contribution >= 4 is 39.0 Å². The van der Waals surface area contributed by atoms with Crippen LogP contribution in [0.4, 0.5) is 11.4 Å². The minimum absolute atomic E-state index is 0.0130. The SMILES string of the molecule is CCC(=O)N1CCc2cc(S(=O)(=O)NC(Cc3ccccc3)C(=O)Nc3cccc(C(C)=O)c3)ccc21. The van der Waals surface area contributed by atoms with Crippen LogP contribution in [0.5, 0.6) is 0 Å². The van der Waals surface area contributed by atoms with Gasteiger partial charge in [0.15, 0.2) is 5.78 Å². The number of Topliss-reactive ketones (excluding diaryl/α,β-unsaturated/α-hetero) is 1. The fourth-order valence-electron chi connectivity index (χ4n) is 4.33. The third kappa shape index (κ3) is 6.12. The van der Waals surface area contributed by atoms with Crippen LogP contribution in [0, 0.1) is 0 Å². The van der Waals surface area contributed by atoms with Crippen LogP contribution in [0.15, 0.2) is 77.7 Å². The molecule has 9 heteroatoms. The normalized spacial score (nSPS) is 13.6. The minimum Gasteiger partial charge on any atom is -0.325 e. The molecule has 192 valence electrons. The summed E-state index contributed by atoms with van der Waals surface area (Å²) in [5.41, 5.74) is 3.11. The summed E-state index contributed by atoms with van der Waals surface area (Å²) in [6, 6.07) is 19.2. The first kappa shape index (κ1) is 26.2. The summed E-state index contributed by atoms with van der Waals surface area (Å²) in [7, 11) is -4.07. The standard InChI is InChI=1S/C28H29N3O5S/c1-3-27(33)31-15-14-22-18-24(12-13-26(22)31)37(35,36)30-25(16-20-8-5-4-6-9-20)28(34)29-23-11-7-10-21(17-23)19(2)32/h4-13,17-18,25,30H,3,14-16H2,1-2H3,(H,29,34). The van der Waals surface area contributed by atoms with Crippen LogP contribution in [0.2, 0.25) is 0 Å². The maximum Gasteiger partial charge on any atom is 0.242 e. The molecule has 37 heavy (non-hydrogen) atoms. The maximum atomic E-state index is 13.4. The molecule has 2 N–H and O–H groups in total. The Kier molecular flexibility index (Phi) is 7.85. The molecule has 0 aromatic heterocycles. The predicted octanol–water partition coefficient (Wildman–Crippen LogP) is 3.72. The molecule has 1 atom stereocenters. The van der Waals surface area contributed by atoms with E-state index in [-0.39, 0.29) is 23.0 Å². The van der Waals surface area contributed by atoms with Crippen LogP contribution < -0.4 is 14.9 Å². The Morgan fingerprint density at radius 1 is 0.973 bits per heavy atom. The number of nitrogens with zero attached hydrogens (tertiary/aromatic N) is 1. The summed E-state index contributed by atoms with van der Waals surface area (Å²) in [4.78, 5) is 38.9. The number of benzene rings is 3. The molecule has 4 rings (SSSR count). The number of hydrogen-bond donors (Lipinski definition) is 2. The van der Waals surface area contributed by atoms with Gasteiger partial charge in [-0.3, -0.25) is 14.4 Å². The highest BCUT2D eigenvalue weighted by molar-refractivity contribution is 7.89. The Morgan fingerprint density at radius 3 is 2.43 bits per heavy atom. The Labute approximate surface area is 216 Å². The lowest BCUT2D eigenvalue weighted by atomic mass is 10.1. The number of anilines is 2. The van der Waals surface area contributed by atoms with E-state index in [1.165, 1.54) is 13.0 Å². The van der Waals surface area contributed by atoms with Crippen LogP contribution in [0.25, 0.3) is 0 Å². The van der Waals surface area contributed by atoms with Crippen molar-refractivity contribution in [1.29, 1.82) is 0 Å². The van der Waals surface area contributed by atoms with Gasteiger partial charge in [0.1, 0.15) is 6.04 Å². The third-order valence-corrected chi connectivity index (χ3v) is 7.76. The summed E-state index contributed by atoms with van der Waals surface area (Å²) in [5.74, 6) is -0.705. The van der Waals surface area contributed by atoms with Crippen molar-refractivity contribution in [2.45, 2.75) is 44.0 Å². The average Bonchev–Trinajstić information content (AvgIpc) is 3.32. The molecule has 0 spiro atoms. The molecule has 1 aliphatic rings. The Bertz CT molecular complexity index is 1440. The molecule has 0 aliphatic carbocycles. The number of carbonyl (C=O) groups excluding carboxylic acids is 3. The summed E-state index contributed by atoms with van der Waals surface area (Å²) in [5, 5.41) is 2.74. The number of nitrogens with one attached hydrogen (secondary N) is 2. The van der Waals surface area contributed by atoms with Crippen molar-refractivity contribution in [2.75, 3.05) is 16.8 Å². The quantitative estimate of drug-likeness (QED) is 0.419. The summed E-state index contributed by atoms with van der Waals surface area (Å²) < 4.78 is 29.3. The predicted molar refractivity (Wildman–Crippen MR) is 142 cm³/mol. The van der Waals surface area contributed by atoms with Gasteiger partial charge in [-0.2, -0.15) is 4.72 Å². The van der Waals surface area contributed by atoms with E-state index in [2.05, 4.69) is 10.0 Å². The zero-order chi connectivity index (χ0) is 26.6. The minimum atomic E-state index is -4.07. The van der Waals surface area contributed by atoms with E-state index >= 15 is 0 Å². The molecule has 1 aliphatic heterocycles. The third-order valence-electron chi connectivity index (χ3n) is 6.29. The van der Waals surface area contributed by atoms with Gasteiger partial charge >= 0.3 is 0 Å². The molecule has 1 unspecified atom stereocenters. The van der Waals surface area contributed by atoms with Gasteiger partial charge in [-0.15, -0.1) is 0 Å². The van der Waals surface area contributed by atoms with Crippen LogP contribution in [-0.4, -0.2) is 38.6 Å². The largest absolute Gasteiger partial charge is 0.325 e. The van der Waals surface area contributed by atoms with Gasteiger partial charge in [-0.25, -0.2) is 8.42 Å². The topological polar surface area (TPSA) is 113 Å². The summed E-state index contributed by atoms with van der Waals surface area (Å²) >= 11 is 0. The zero-order valence-electron chi connectivity index (χ0n) is 20.7. The molecular weight excluding hydrogens is 490 g/mol. The molecule has 0 saturated carbocycles. The van der Waals surface area contributed by atoms with Gasteiger partial charge in [-0.05, 0) is 61.2 Å². The molecular formula is C28H29N3O5S. The maximum absolute atomic E-state index is 13.4. The molecule has 0 fully saturated rings. The lowest BCUT2D eigenvalue weighted by Crippen LogP contribution is -2.45. The molecule has 0 radical (unpaired) electrons. The van der Waals surface area contributed by atoms with Crippen LogP contribution in [0.1, 0.15) is 41.8 Å². The van der Waals surface area contributed by atoms with Gasteiger partial charge < -0.3 is 10.2 Å². The highest BCUT2D eigenvalue weighted by Crippen LogP contribution is 2.30. The lowest BCUT2D eigenvalue weighted by molar-refractivity contribution is -0.118. The highest BCUT2D eigenvalue weighted by Gasteiger charge is 2.29. The second-order valence-electron chi connectivity index (χ2n) is 8.93. The molecule has 0 bridgehead atoms. The van der Waals surface area contributed by atoms with Crippen molar-refractivity contribution in [3.63, 3.8) is 0 Å². The Morgan fingerprint density at radius 2 is 1.73 bits per heavy atom. The van der Waals surface area contributed by atoms with E-state index in [4.69, 9.17) is 0 Å². The number of ketones is 1. The number of rotatable bonds is 9. The zero-order valence-corrected chi connectivity index (χ0v) is 21.5. The fraction of sp³-hybridized carbons (Fsp3) is 0.250. The van der Waals surface area contributed by atoms with Gasteiger partial charge in [0.05, 0.1) is 4.90 Å². The average molecular weight is 520 g/mol. The summed E-state index contributed by atoms with van der Waals surface area (Å²) in [6.45, 7) is 3.73. The molecule has 3 aromatic carbocycles. The molecule has 0 saturated heterocycles.